The molecule has 126 heavy (non-hydrogen) atoms. The fourth-order valence-electron chi connectivity index (χ4n) is 16.1. The van der Waals surface area contributed by atoms with Gasteiger partial charge in [0, 0.05) is 85.2 Å². The Bertz CT molecular complexity index is 4990. The second kappa shape index (κ2) is 44.5. The van der Waals surface area contributed by atoms with Crippen molar-refractivity contribution in [3.8, 4) is 0 Å². The Hall–Kier alpha value is -13.8. The van der Waals surface area contributed by atoms with E-state index in [1.807, 2.05) is 147 Å². The van der Waals surface area contributed by atoms with Crippen molar-refractivity contribution in [3.05, 3.63) is 203 Å². The Morgan fingerprint density at radius 2 is 0.675 bits per heavy atom. The number of aryl methyl sites for hydroxylation is 8. The molecule has 4 aliphatic rings. The second-order valence-corrected chi connectivity index (χ2v) is 33.0. The van der Waals surface area contributed by atoms with Crippen molar-refractivity contribution < 1.29 is 38.4 Å². The second-order valence-electron chi connectivity index (χ2n) is 33.0. The van der Waals surface area contributed by atoms with E-state index in [1.165, 1.54) is 41.6 Å². The lowest BCUT2D eigenvalue weighted by atomic mass is 9.81. The van der Waals surface area contributed by atoms with E-state index in [0.717, 1.165) is 133 Å². The first-order chi connectivity index (χ1) is 60.0. The molecule has 4 heterocycles. The Morgan fingerprint density at radius 3 is 1.05 bits per heavy atom. The third kappa shape index (κ3) is 25.7. The van der Waals surface area contributed by atoms with E-state index in [-0.39, 0.29) is 130 Å². The minimum atomic E-state index is -0.712. The number of carbonyl (C=O) groups excluding carboxylic acids is 8. The van der Waals surface area contributed by atoms with E-state index in [0.29, 0.717) is 35.2 Å². The summed E-state index contributed by atoms with van der Waals surface area (Å²) >= 11 is 0. The molecule has 4 aliphatic carbocycles. The topological polar surface area (TPSA) is 496 Å². The Morgan fingerprint density at radius 1 is 0.357 bits per heavy atom. The van der Waals surface area contributed by atoms with Crippen LogP contribution >= 0.6 is 0 Å². The van der Waals surface area contributed by atoms with Crippen molar-refractivity contribution in [2.24, 2.45) is 46.6 Å². The van der Waals surface area contributed by atoms with Crippen molar-refractivity contribution in [3.63, 3.8) is 0 Å². The number of rotatable bonds is 28. The highest BCUT2D eigenvalue weighted by atomic mass is 16.2. The average Bonchev–Trinajstić information content (AvgIpc) is 0.764. The first kappa shape index (κ1) is 96.0. The molecule has 0 radical (unpaired) electrons. The van der Waals surface area contributed by atoms with Gasteiger partial charge in [-0.25, -0.2) is 19.9 Å². The minimum absolute atomic E-state index is 0.0202. The van der Waals surface area contributed by atoms with Crippen LogP contribution in [0.3, 0.4) is 0 Å². The number of primary amides is 4. The molecule has 0 spiro atoms. The predicted octanol–water partition coefficient (Wildman–Crippen LogP) is 11.7. The lowest BCUT2D eigenvalue weighted by Gasteiger charge is -2.41. The van der Waals surface area contributed by atoms with Crippen LogP contribution < -0.4 is 85.9 Å². The molecule has 4 aromatic heterocycles. The van der Waals surface area contributed by atoms with Gasteiger partial charge in [0.2, 0.25) is 35.5 Å². The van der Waals surface area contributed by atoms with Crippen molar-refractivity contribution in [2.75, 3.05) is 55.8 Å². The van der Waals surface area contributed by atoms with Gasteiger partial charge in [-0.15, -0.1) is 20.4 Å². The van der Waals surface area contributed by atoms with Gasteiger partial charge in [0.25, 0.3) is 23.6 Å². The summed E-state index contributed by atoms with van der Waals surface area (Å²) in [6.45, 7) is 38.7. The van der Waals surface area contributed by atoms with Crippen LogP contribution in [0.15, 0.2) is 136 Å². The Balaban J connectivity index is 0.000000190. The van der Waals surface area contributed by atoms with Gasteiger partial charge in [-0.2, -0.15) is 9.97 Å². The molecule has 8 aromatic rings. The predicted molar refractivity (Wildman–Crippen MR) is 494 cm³/mol. The largest absolute Gasteiger partial charge is 0.366 e. The average molecular weight is 1720 g/mol. The molecular weight excluding hydrogens is 1600 g/mol. The zero-order chi connectivity index (χ0) is 91.9. The third-order valence-corrected chi connectivity index (χ3v) is 24.4. The summed E-state index contributed by atoms with van der Waals surface area (Å²) in [5.41, 5.74) is 34.4. The number of benzene rings is 4. The molecule has 18 N–H and O–H groups in total. The van der Waals surface area contributed by atoms with Gasteiger partial charge in [-0.3, -0.25) is 38.4 Å². The van der Waals surface area contributed by atoms with Gasteiger partial charge in [-0.1, -0.05) is 78.3 Å². The van der Waals surface area contributed by atoms with Gasteiger partial charge < -0.3 is 85.9 Å². The van der Waals surface area contributed by atoms with Crippen molar-refractivity contribution in [1.82, 2.24) is 71.6 Å². The Kier molecular flexibility index (Phi) is 33.9. The summed E-state index contributed by atoms with van der Waals surface area (Å²) in [7, 11) is 3.87. The monoisotopic (exact) mass is 1720 g/mol. The summed E-state index contributed by atoms with van der Waals surface area (Å²) in [4.78, 5) is 126. The molecular formula is C92H122N26O8. The number of amides is 8. The highest BCUT2D eigenvalue weighted by Gasteiger charge is 2.38. The molecule has 8 amide bonds. The number of nitrogens with zero attached hydrogens (tertiary/aromatic N) is 12. The molecule has 4 saturated carbocycles. The quantitative estimate of drug-likeness (QED) is 0.0203. The lowest BCUT2D eigenvalue weighted by Crippen LogP contribution is -2.51. The maximum Gasteiger partial charge on any atom is 0.273 e. The Labute approximate surface area is 737 Å². The van der Waals surface area contributed by atoms with E-state index < -0.39 is 23.6 Å². The molecule has 668 valence electrons. The number of hydrogen-bond acceptors (Lipinski definition) is 26. The molecule has 12 rings (SSSR count). The molecule has 12 atom stereocenters. The van der Waals surface area contributed by atoms with Crippen molar-refractivity contribution in [2.45, 2.75) is 208 Å². The number of anilines is 12. The van der Waals surface area contributed by atoms with Crippen LogP contribution in [0.25, 0.3) is 0 Å². The van der Waals surface area contributed by atoms with Crippen molar-refractivity contribution >= 4 is 117 Å². The smallest absolute Gasteiger partial charge is 0.273 e. The highest BCUT2D eigenvalue weighted by Crippen LogP contribution is 2.36. The lowest BCUT2D eigenvalue weighted by molar-refractivity contribution is -0.118. The standard InChI is InChI=1S/C24H32N6O2.C23H31N7O2.C23H30N6O2.C22H29N7O2/c1-6-21(31)28-18-8-7-9-19(16(18)4)30(5)20-13-26-22(23(25)32)24(29-20)27-17-11-10-14(2)15(3)12-17;1-6-19(31)26-17-8-7-9-18(15(17)4)30(5)23-27-22(20(21(24)32)28-29-23)25-16-11-10-13(2)14(3)12-16;1-5-20(30)28-18-8-6-7-17(15(18)4)27-19-12-25-21(22(24)31)23(29-19)26-16-10-9-13(2)14(3)11-16;1-5-18(30)25-16-7-6-8-17(14(16)4)26-22-27-21(19(20(23)31)28-29-22)24-15-10-9-12(2)13(3)11-15/h6,10-13,16,18-19H,1,7-9H2,2-5H3,(H2,25,32)(H,27,29)(H,28,31);6,10-12,15,17-18H,1,7-9H2,2-5H3,(H2,24,32)(H,26,31)(H,25,27,29);5,9-12,15,17-18H,1,6-8H2,2-4H3,(H2,24,31)(H,28,30)(H2,26,27,29);5,9-11,14,16-17H,1,6-8H2,2-4H3,(H2,23,31)(H,25,30)(H2,24,26,27,29)/t16-,18?,19+;15-,17?,18+;15-,17-,18?;14-,16?,17+/m0010/s1. The van der Waals surface area contributed by atoms with Crippen molar-refractivity contribution in [1.29, 1.82) is 0 Å². The fraction of sp³-hybridized carbons (Fsp3) is 0.413. The third-order valence-electron chi connectivity index (χ3n) is 24.4. The molecule has 0 aliphatic heterocycles. The van der Waals surface area contributed by atoms with Gasteiger partial charge in [0.1, 0.15) is 11.6 Å². The summed E-state index contributed by atoms with van der Waals surface area (Å²) in [6, 6.07) is 24.1. The van der Waals surface area contributed by atoms with Gasteiger partial charge in [0.15, 0.2) is 46.0 Å². The maximum absolute atomic E-state index is 12.0. The van der Waals surface area contributed by atoms with Crippen LogP contribution in [0.1, 0.15) is 191 Å². The normalized spacial score (nSPS) is 20.4. The van der Waals surface area contributed by atoms with Gasteiger partial charge >= 0.3 is 0 Å². The maximum atomic E-state index is 12.0. The van der Waals surface area contributed by atoms with Crippen LogP contribution in [-0.4, -0.2) is 160 Å². The molecule has 0 saturated heterocycles. The fourth-order valence-corrected chi connectivity index (χ4v) is 16.1. The number of hydrogen-bond donors (Lipinski definition) is 14. The first-order valence-electron chi connectivity index (χ1n) is 42.5. The summed E-state index contributed by atoms with van der Waals surface area (Å²) in [5.74, 6) is 0.305. The van der Waals surface area contributed by atoms with Crippen LogP contribution in [0.5, 0.6) is 0 Å². The zero-order valence-corrected chi connectivity index (χ0v) is 74.6. The molecule has 4 unspecified atom stereocenters. The SMILES string of the molecule is C=CC(=O)NC1CCC[C@@H](N(C)c2cnc(C(N)=O)c(Nc3ccc(C)c(C)c3)n2)[C@H]1C.C=CC(=O)NC1CCC[C@@H](N(C)c2nnc(C(N)=O)c(Nc3ccc(C)c(C)c3)n2)[C@H]1C.C=CC(=O)NC1CCC[C@@H](Nc2cnc(C(N)=O)c(Nc3ccc(C)c(C)c3)n2)[C@H]1C.C=CC(=O)NC1CCC[C@@H](Nc2nnc(C(N)=O)c(Nc3ccc(C)c(C)c3)n2)[C@H]1C. The summed E-state index contributed by atoms with van der Waals surface area (Å²) in [6.07, 6.45) is 19.5. The van der Waals surface area contributed by atoms with E-state index in [9.17, 15) is 38.4 Å². The van der Waals surface area contributed by atoms with Crippen LogP contribution in [-0.2, 0) is 19.2 Å². The van der Waals surface area contributed by atoms with E-state index in [4.69, 9.17) is 27.9 Å². The minimum Gasteiger partial charge on any atom is -0.366 e. The number of nitrogens with two attached hydrogens (primary N) is 4. The molecule has 4 fully saturated rings. The summed E-state index contributed by atoms with van der Waals surface area (Å²) in [5, 5.41) is 47.7. The molecule has 4 aromatic carbocycles. The first-order valence-corrected chi connectivity index (χ1v) is 42.5. The van der Waals surface area contributed by atoms with Crippen LogP contribution in [0.4, 0.5) is 69.6 Å². The zero-order valence-electron chi connectivity index (χ0n) is 74.6. The van der Waals surface area contributed by atoms with Crippen LogP contribution in [0, 0.1) is 79.1 Å². The van der Waals surface area contributed by atoms with E-state index in [1.54, 1.807) is 6.20 Å². The molecule has 34 heteroatoms. The number of nitrogens with one attached hydrogen (secondary N) is 10. The van der Waals surface area contributed by atoms with Gasteiger partial charge in [-0.05, 0) is 273 Å². The van der Waals surface area contributed by atoms with E-state index in [2.05, 4.69) is 157 Å². The van der Waals surface area contributed by atoms with Crippen LogP contribution in [0.2, 0.25) is 0 Å². The molecule has 0 bridgehead atoms. The number of carbonyl (C=O) groups is 8. The van der Waals surface area contributed by atoms with Gasteiger partial charge in [0.05, 0.1) is 12.4 Å². The summed E-state index contributed by atoms with van der Waals surface area (Å²) < 4.78 is 0. The highest BCUT2D eigenvalue weighted by molar-refractivity contribution is 5.99. The van der Waals surface area contributed by atoms with E-state index >= 15 is 0 Å². The molecule has 34 nitrogen and oxygen atoms in total. The number of aromatic nitrogens is 10.